The maximum absolute atomic E-state index is 14.2. The van der Waals surface area contributed by atoms with Gasteiger partial charge in [-0.2, -0.15) is 5.10 Å². The summed E-state index contributed by atoms with van der Waals surface area (Å²) in [4.78, 5) is 19.1. The lowest BCUT2D eigenvalue weighted by Crippen LogP contribution is -2.23. The second-order valence-electron chi connectivity index (χ2n) is 7.96. The summed E-state index contributed by atoms with van der Waals surface area (Å²) in [7, 11) is 1.90. The molecule has 5 rings (SSSR count). The molecular formula is C25H20ClFN4O2. The lowest BCUT2D eigenvalue weighted by molar-refractivity contribution is 0.0764. The summed E-state index contributed by atoms with van der Waals surface area (Å²) in [5.74, 6) is -0.928. The third-order valence-electron chi connectivity index (χ3n) is 5.63. The van der Waals surface area contributed by atoms with Crippen LogP contribution >= 0.6 is 11.6 Å². The van der Waals surface area contributed by atoms with Gasteiger partial charge in [0.25, 0.3) is 5.91 Å². The minimum absolute atomic E-state index is 0.0504. The van der Waals surface area contributed by atoms with Crippen molar-refractivity contribution in [2.45, 2.75) is 20.0 Å². The minimum Gasteiger partial charge on any atom is -0.433 e. The van der Waals surface area contributed by atoms with E-state index in [-0.39, 0.29) is 22.6 Å². The fourth-order valence-corrected chi connectivity index (χ4v) is 4.25. The molecule has 0 spiro atoms. The van der Waals surface area contributed by atoms with Gasteiger partial charge in [-0.15, -0.1) is 0 Å². The molecule has 0 atom stereocenters. The number of carbonyl (C=O) groups excluding carboxylic acids is 1. The van der Waals surface area contributed by atoms with Crippen LogP contribution in [-0.2, 0) is 20.1 Å². The van der Waals surface area contributed by atoms with E-state index in [0.29, 0.717) is 18.7 Å². The fraction of sp³-hybridized carbons (Fsp3) is 0.160. The van der Waals surface area contributed by atoms with Gasteiger partial charge >= 0.3 is 0 Å². The first kappa shape index (κ1) is 21.2. The fourth-order valence-electron chi connectivity index (χ4n) is 4.05. The molecule has 4 aromatic rings. The van der Waals surface area contributed by atoms with Crippen LogP contribution in [0.15, 0.2) is 60.9 Å². The third-order valence-corrected chi connectivity index (χ3v) is 5.93. The lowest BCUT2D eigenvalue weighted by atomic mass is 10.0. The molecule has 1 amide bonds. The molecule has 2 aromatic carbocycles. The molecule has 8 heteroatoms. The van der Waals surface area contributed by atoms with Crippen LogP contribution in [0.1, 0.15) is 27.2 Å². The summed E-state index contributed by atoms with van der Waals surface area (Å²) in [5, 5.41) is 4.50. The first-order chi connectivity index (χ1) is 15.9. The number of amides is 1. The monoisotopic (exact) mass is 462 g/mol. The zero-order valence-corrected chi connectivity index (χ0v) is 18.8. The topological polar surface area (TPSA) is 60.3 Å². The second-order valence-corrected chi connectivity index (χ2v) is 8.37. The smallest absolute Gasteiger partial charge is 0.260 e. The van der Waals surface area contributed by atoms with E-state index in [2.05, 4.69) is 10.1 Å². The van der Waals surface area contributed by atoms with E-state index in [1.807, 2.05) is 44.4 Å². The van der Waals surface area contributed by atoms with Gasteiger partial charge < -0.3 is 9.64 Å². The van der Waals surface area contributed by atoms with E-state index in [9.17, 15) is 9.18 Å². The Morgan fingerprint density at radius 2 is 1.94 bits per heavy atom. The Morgan fingerprint density at radius 3 is 2.64 bits per heavy atom. The Morgan fingerprint density at radius 1 is 1.15 bits per heavy atom. The molecule has 0 N–H and O–H groups in total. The zero-order valence-electron chi connectivity index (χ0n) is 18.0. The third kappa shape index (κ3) is 3.96. The Hall–Kier alpha value is -3.71. The van der Waals surface area contributed by atoms with E-state index in [1.54, 1.807) is 21.8 Å². The molecule has 6 nitrogen and oxygen atoms in total. The predicted octanol–water partition coefficient (Wildman–Crippen LogP) is 5.53. The Bertz CT molecular complexity index is 1350. The maximum atomic E-state index is 14.2. The van der Waals surface area contributed by atoms with Crippen LogP contribution in [0.25, 0.3) is 11.1 Å². The van der Waals surface area contributed by atoms with Gasteiger partial charge in [-0.25, -0.2) is 9.37 Å². The van der Waals surface area contributed by atoms with Crippen molar-refractivity contribution in [1.29, 1.82) is 0 Å². The van der Waals surface area contributed by atoms with Crippen LogP contribution in [0.2, 0.25) is 5.02 Å². The molecule has 0 aliphatic carbocycles. The van der Waals surface area contributed by atoms with E-state index in [4.69, 9.17) is 16.3 Å². The maximum Gasteiger partial charge on any atom is 0.260 e. The average molecular weight is 463 g/mol. The number of benzene rings is 2. The number of fused-ring (bicyclic) bond motifs is 1. The number of carbonyl (C=O) groups is 1. The molecule has 0 radical (unpaired) electrons. The highest BCUT2D eigenvalue weighted by molar-refractivity contribution is 6.32. The summed E-state index contributed by atoms with van der Waals surface area (Å²) in [6.07, 6.45) is 3.53. The van der Waals surface area contributed by atoms with Crippen molar-refractivity contribution in [2.75, 3.05) is 0 Å². The number of ether oxygens (including phenoxy) is 1. The zero-order chi connectivity index (χ0) is 23.1. The minimum atomic E-state index is -0.617. The van der Waals surface area contributed by atoms with Gasteiger partial charge in [0.2, 0.25) is 5.88 Å². The van der Waals surface area contributed by atoms with Crippen molar-refractivity contribution in [3.05, 3.63) is 94.1 Å². The van der Waals surface area contributed by atoms with Gasteiger partial charge in [0.1, 0.15) is 5.56 Å². The number of rotatable bonds is 5. The van der Waals surface area contributed by atoms with Crippen LogP contribution < -0.4 is 4.74 Å². The van der Waals surface area contributed by atoms with E-state index < -0.39 is 5.82 Å². The van der Waals surface area contributed by atoms with E-state index >= 15 is 0 Å². The van der Waals surface area contributed by atoms with Crippen molar-refractivity contribution in [1.82, 2.24) is 19.7 Å². The molecule has 1 aliphatic heterocycles. The summed E-state index contributed by atoms with van der Waals surface area (Å²) >= 11 is 6.08. The molecule has 0 unspecified atom stereocenters. The number of aromatic nitrogens is 3. The molecule has 1 aliphatic rings. The van der Waals surface area contributed by atoms with Gasteiger partial charge in [-0.1, -0.05) is 41.9 Å². The lowest BCUT2D eigenvalue weighted by Gasteiger charge is -2.16. The molecule has 2 aromatic heterocycles. The average Bonchev–Trinajstić information content (AvgIpc) is 3.30. The van der Waals surface area contributed by atoms with Gasteiger partial charge in [-0.05, 0) is 41.8 Å². The van der Waals surface area contributed by atoms with Crippen molar-refractivity contribution in [3.8, 4) is 22.8 Å². The Kier molecular flexibility index (Phi) is 5.34. The summed E-state index contributed by atoms with van der Waals surface area (Å²) in [6.45, 7) is 2.83. The van der Waals surface area contributed by atoms with Crippen molar-refractivity contribution < 1.29 is 13.9 Å². The van der Waals surface area contributed by atoms with Gasteiger partial charge in [0.05, 0.1) is 10.7 Å². The van der Waals surface area contributed by atoms with Crippen LogP contribution in [0, 0.1) is 12.7 Å². The SMILES string of the molecule is Cc1nn(C)cc1-c1ccc(CN2Cc3ccnc(Oc4c(F)cccc4Cl)c3C2=O)cc1. The van der Waals surface area contributed by atoms with Crippen LogP contribution in [0.5, 0.6) is 11.6 Å². The highest BCUT2D eigenvalue weighted by atomic mass is 35.5. The summed E-state index contributed by atoms with van der Waals surface area (Å²) in [5.41, 5.74) is 5.22. The van der Waals surface area contributed by atoms with Crippen LogP contribution in [0.4, 0.5) is 4.39 Å². The summed E-state index contributed by atoms with van der Waals surface area (Å²) < 4.78 is 21.6. The van der Waals surface area contributed by atoms with Gasteiger partial charge in [0, 0.05) is 38.1 Å². The standard InChI is InChI=1S/C25H20ClFN4O2/c1-15-19(14-30(2)29-15)17-8-6-16(7-9-17)12-31-13-18-10-11-28-24(22(18)25(31)32)33-23-20(26)4-3-5-21(23)27/h3-11,14H,12-13H2,1-2H3. The molecule has 33 heavy (non-hydrogen) atoms. The first-order valence-corrected chi connectivity index (χ1v) is 10.8. The summed E-state index contributed by atoms with van der Waals surface area (Å²) in [6, 6.07) is 14.1. The van der Waals surface area contributed by atoms with Crippen LogP contribution in [0.3, 0.4) is 0 Å². The van der Waals surface area contributed by atoms with Crippen molar-refractivity contribution >= 4 is 17.5 Å². The van der Waals surface area contributed by atoms with E-state index in [0.717, 1.165) is 27.9 Å². The number of aryl methyl sites for hydroxylation is 2. The molecule has 0 saturated carbocycles. The van der Waals surface area contributed by atoms with Gasteiger partial charge in [0.15, 0.2) is 11.6 Å². The quantitative estimate of drug-likeness (QED) is 0.391. The number of halogens is 2. The normalized spacial score (nSPS) is 12.8. The first-order valence-electron chi connectivity index (χ1n) is 10.4. The van der Waals surface area contributed by atoms with Gasteiger partial charge in [-0.3, -0.25) is 9.48 Å². The second kappa shape index (κ2) is 8.33. The molecular weight excluding hydrogens is 443 g/mol. The number of pyridine rings is 1. The number of hydrogen-bond donors (Lipinski definition) is 0. The largest absolute Gasteiger partial charge is 0.433 e. The number of hydrogen-bond acceptors (Lipinski definition) is 4. The predicted molar refractivity (Wildman–Crippen MR) is 123 cm³/mol. The highest BCUT2D eigenvalue weighted by Gasteiger charge is 2.32. The number of nitrogens with zero attached hydrogens (tertiary/aromatic N) is 4. The molecule has 0 fully saturated rings. The Labute approximate surface area is 195 Å². The molecule has 0 saturated heterocycles. The van der Waals surface area contributed by atoms with E-state index in [1.165, 1.54) is 18.2 Å². The number of para-hydroxylation sites is 1. The molecule has 0 bridgehead atoms. The van der Waals surface area contributed by atoms with Crippen molar-refractivity contribution in [3.63, 3.8) is 0 Å². The Balaban J connectivity index is 1.36. The van der Waals surface area contributed by atoms with Crippen molar-refractivity contribution in [2.24, 2.45) is 7.05 Å². The molecule has 3 heterocycles. The highest BCUT2D eigenvalue weighted by Crippen LogP contribution is 2.36. The molecule has 166 valence electrons. The van der Waals surface area contributed by atoms with Crippen LogP contribution in [-0.4, -0.2) is 25.6 Å².